The van der Waals surface area contributed by atoms with E-state index in [0.717, 1.165) is 24.5 Å². The molecule has 1 atom stereocenters. The number of fused-ring (bicyclic) bond motifs is 1. The highest BCUT2D eigenvalue weighted by Crippen LogP contribution is 2.24. The standard InChI is InChI=1S/C15H13ClN4O/c16-11-7-9-19-13(11)15(21)20(10-4-2-1-3-5-10)14(18-19)12-6-8-17-12/h1-5,7,9,12,17H,6,8H2. The van der Waals surface area contributed by atoms with Gasteiger partial charge in [0, 0.05) is 6.20 Å². The largest absolute Gasteiger partial charge is 0.307 e. The van der Waals surface area contributed by atoms with Crippen molar-refractivity contribution in [2.75, 3.05) is 6.54 Å². The Balaban J connectivity index is 2.08. The van der Waals surface area contributed by atoms with Crippen LogP contribution in [0, 0.1) is 0 Å². The summed E-state index contributed by atoms with van der Waals surface area (Å²) in [5, 5.41) is 8.31. The summed E-state index contributed by atoms with van der Waals surface area (Å²) in [5.41, 5.74) is 1.07. The molecule has 0 radical (unpaired) electrons. The van der Waals surface area contributed by atoms with Crippen LogP contribution < -0.4 is 10.9 Å². The van der Waals surface area contributed by atoms with Crippen LogP contribution in [0.1, 0.15) is 18.3 Å². The average molecular weight is 301 g/mol. The summed E-state index contributed by atoms with van der Waals surface area (Å²) in [6.07, 6.45) is 2.69. The molecule has 1 fully saturated rings. The minimum atomic E-state index is -0.144. The molecule has 1 saturated heterocycles. The fraction of sp³-hybridized carbons (Fsp3) is 0.200. The first-order valence-electron chi connectivity index (χ1n) is 6.84. The predicted molar refractivity (Wildman–Crippen MR) is 81.2 cm³/mol. The molecule has 3 heterocycles. The maximum Gasteiger partial charge on any atom is 0.284 e. The number of hydrogen-bond acceptors (Lipinski definition) is 3. The Labute approximate surface area is 125 Å². The molecular weight excluding hydrogens is 288 g/mol. The maximum atomic E-state index is 12.9. The van der Waals surface area contributed by atoms with Crippen LogP contribution in [-0.4, -0.2) is 20.7 Å². The number of nitrogens with zero attached hydrogens (tertiary/aromatic N) is 3. The van der Waals surface area contributed by atoms with Gasteiger partial charge in [-0.1, -0.05) is 29.8 Å². The van der Waals surface area contributed by atoms with Crippen molar-refractivity contribution in [3.8, 4) is 5.69 Å². The molecule has 0 saturated carbocycles. The van der Waals surface area contributed by atoms with Crippen molar-refractivity contribution in [2.45, 2.75) is 12.5 Å². The minimum Gasteiger partial charge on any atom is -0.307 e. The normalized spacial score (nSPS) is 17.9. The quantitative estimate of drug-likeness (QED) is 0.789. The van der Waals surface area contributed by atoms with E-state index >= 15 is 0 Å². The Kier molecular flexibility index (Phi) is 2.83. The lowest BCUT2D eigenvalue weighted by molar-refractivity contribution is 0.354. The summed E-state index contributed by atoms with van der Waals surface area (Å²) < 4.78 is 3.22. The Morgan fingerprint density at radius 1 is 1.24 bits per heavy atom. The highest BCUT2D eigenvalue weighted by molar-refractivity contribution is 6.33. The molecule has 1 unspecified atom stereocenters. The molecule has 21 heavy (non-hydrogen) atoms. The first kappa shape index (κ1) is 12.6. The molecule has 1 aliphatic rings. The molecule has 5 nitrogen and oxygen atoms in total. The number of nitrogens with one attached hydrogen (secondary N) is 1. The maximum absolute atomic E-state index is 12.9. The third-order valence-corrected chi connectivity index (χ3v) is 4.12. The fourth-order valence-corrected chi connectivity index (χ4v) is 2.83. The lowest BCUT2D eigenvalue weighted by Crippen LogP contribution is -2.40. The highest BCUT2D eigenvalue weighted by atomic mass is 35.5. The number of hydrogen-bond donors (Lipinski definition) is 1. The van der Waals surface area contributed by atoms with E-state index in [1.165, 1.54) is 0 Å². The summed E-state index contributed by atoms with van der Waals surface area (Å²) in [5.74, 6) is 0.720. The molecule has 6 heteroatoms. The second-order valence-corrected chi connectivity index (χ2v) is 5.49. The van der Waals surface area contributed by atoms with Gasteiger partial charge in [0.15, 0.2) is 5.82 Å². The lowest BCUT2D eigenvalue weighted by atomic mass is 10.1. The number of rotatable bonds is 2. The predicted octanol–water partition coefficient (Wildman–Crippen LogP) is 2.17. The van der Waals surface area contributed by atoms with E-state index in [4.69, 9.17) is 11.6 Å². The summed E-state index contributed by atoms with van der Waals surface area (Å²) in [6.45, 7) is 0.944. The van der Waals surface area contributed by atoms with Crippen molar-refractivity contribution in [1.82, 2.24) is 19.5 Å². The fourth-order valence-electron chi connectivity index (χ4n) is 2.61. The average Bonchev–Trinajstić information content (AvgIpc) is 2.80. The second-order valence-electron chi connectivity index (χ2n) is 5.09. The van der Waals surface area contributed by atoms with E-state index in [1.807, 2.05) is 30.3 Å². The SMILES string of the molecule is O=c1c2c(Cl)ccn2nc(C2CCN2)n1-c1ccccc1. The van der Waals surface area contributed by atoms with E-state index in [2.05, 4.69) is 10.4 Å². The summed E-state index contributed by atoms with van der Waals surface area (Å²) in [4.78, 5) is 12.9. The van der Waals surface area contributed by atoms with E-state index in [1.54, 1.807) is 21.3 Å². The number of aromatic nitrogens is 3. The van der Waals surface area contributed by atoms with Gasteiger partial charge in [-0.3, -0.25) is 9.36 Å². The molecule has 4 rings (SSSR count). The van der Waals surface area contributed by atoms with Gasteiger partial charge in [-0.15, -0.1) is 0 Å². The van der Waals surface area contributed by atoms with Crippen molar-refractivity contribution < 1.29 is 0 Å². The van der Waals surface area contributed by atoms with Gasteiger partial charge in [0.1, 0.15) is 5.52 Å². The van der Waals surface area contributed by atoms with Crippen LogP contribution in [0.2, 0.25) is 5.02 Å². The van der Waals surface area contributed by atoms with Crippen molar-refractivity contribution in [3.63, 3.8) is 0 Å². The molecule has 3 aromatic rings. The zero-order valence-corrected chi connectivity index (χ0v) is 11.9. The monoisotopic (exact) mass is 300 g/mol. The van der Waals surface area contributed by atoms with E-state index in [9.17, 15) is 4.79 Å². The van der Waals surface area contributed by atoms with Crippen LogP contribution in [0.4, 0.5) is 0 Å². The zero-order chi connectivity index (χ0) is 14.4. The summed E-state index contributed by atoms with van der Waals surface area (Å²) >= 11 is 6.13. The molecule has 2 aromatic heterocycles. The van der Waals surface area contributed by atoms with Crippen LogP contribution in [0.25, 0.3) is 11.2 Å². The first-order valence-corrected chi connectivity index (χ1v) is 7.22. The van der Waals surface area contributed by atoms with Crippen LogP contribution in [-0.2, 0) is 0 Å². The van der Waals surface area contributed by atoms with Crippen LogP contribution >= 0.6 is 11.6 Å². The van der Waals surface area contributed by atoms with Crippen molar-refractivity contribution in [3.05, 3.63) is 63.8 Å². The van der Waals surface area contributed by atoms with Gasteiger partial charge in [0.2, 0.25) is 0 Å². The Bertz CT molecular complexity index is 865. The van der Waals surface area contributed by atoms with Gasteiger partial charge in [0.05, 0.1) is 16.8 Å². The van der Waals surface area contributed by atoms with Crippen molar-refractivity contribution >= 4 is 17.1 Å². The lowest BCUT2D eigenvalue weighted by Gasteiger charge is -2.29. The third kappa shape index (κ3) is 1.89. The molecule has 1 aromatic carbocycles. The van der Waals surface area contributed by atoms with Crippen LogP contribution in [0.3, 0.4) is 0 Å². The van der Waals surface area contributed by atoms with Gasteiger partial charge < -0.3 is 5.32 Å². The van der Waals surface area contributed by atoms with Crippen molar-refractivity contribution in [1.29, 1.82) is 0 Å². The van der Waals surface area contributed by atoms with E-state index in [-0.39, 0.29) is 11.6 Å². The smallest absolute Gasteiger partial charge is 0.284 e. The Morgan fingerprint density at radius 3 is 2.67 bits per heavy atom. The third-order valence-electron chi connectivity index (χ3n) is 3.81. The minimum absolute atomic E-state index is 0.100. The van der Waals surface area contributed by atoms with Gasteiger partial charge in [0.25, 0.3) is 5.56 Å². The summed E-state index contributed by atoms with van der Waals surface area (Å²) in [7, 11) is 0. The number of benzene rings is 1. The molecule has 106 valence electrons. The van der Waals surface area contributed by atoms with E-state index in [0.29, 0.717) is 10.5 Å². The molecule has 0 aliphatic carbocycles. The highest BCUT2D eigenvalue weighted by Gasteiger charge is 2.26. The zero-order valence-electron chi connectivity index (χ0n) is 11.2. The molecule has 0 amide bonds. The number of halogens is 1. The molecule has 0 spiro atoms. The van der Waals surface area contributed by atoms with Crippen LogP contribution in [0.5, 0.6) is 0 Å². The molecule has 0 bridgehead atoms. The Morgan fingerprint density at radius 2 is 2.00 bits per heavy atom. The molecule has 1 aliphatic heterocycles. The Hall–Kier alpha value is -2.11. The van der Waals surface area contributed by atoms with Gasteiger partial charge >= 0.3 is 0 Å². The summed E-state index contributed by atoms with van der Waals surface area (Å²) in [6, 6.07) is 11.3. The topological polar surface area (TPSA) is 51.3 Å². The molecule has 1 N–H and O–H groups in total. The van der Waals surface area contributed by atoms with Crippen molar-refractivity contribution in [2.24, 2.45) is 0 Å². The second kappa shape index (κ2) is 4.72. The van der Waals surface area contributed by atoms with Crippen LogP contribution in [0.15, 0.2) is 47.4 Å². The molecular formula is C15H13ClN4O. The first-order chi connectivity index (χ1) is 10.3. The van der Waals surface area contributed by atoms with Gasteiger partial charge in [-0.05, 0) is 31.2 Å². The van der Waals surface area contributed by atoms with Gasteiger partial charge in [-0.2, -0.15) is 5.10 Å². The number of para-hydroxylation sites is 1. The van der Waals surface area contributed by atoms with E-state index < -0.39 is 0 Å². The van der Waals surface area contributed by atoms with Gasteiger partial charge in [-0.25, -0.2) is 4.52 Å².